The minimum Gasteiger partial charge on any atom is -0.480 e. The first kappa shape index (κ1) is 30.9. The molecule has 1 fully saturated rings. The van der Waals surface area contributed by atoms with Gasteiger partial charge >= 0.3 is 17.9 Å². The van der Waals surface area contributed by atoms with Gasteiger partial charge in [-0.15, -0.1) is 0 Å². The monoisotopic (exact) mass is 461 g/mol. The highest BCUT2D eigenvalue weighted by atomic mass is 16.4. The van der Waals surface area contributed by atoms with E-state index in [0.717, 1.165) is 19.4 Å². The van der Waals surface area contributed by atoms with Crippen molar-refractivity contribution < 1.29 is 29.7 Å². The number of aromatic nitrogens is 2. The van der Waals surface area contributed by atoms with Gasteiger partial charge in [-0.3, -0.25) is 19.8 Å². The van der Waals surface area contributed by atoms with Crippen LogP contribution >= 0.6 is 0 Å². The van der Waals surface area contributed by atoms with Gasteiger partial charge in [0.15, 0.2) is 5.96 Å². The molecule has 15 heteroatoms. The molecule has 1 aliphatic rings. The van der Waals surface area contributed by atoms with Crippen LogP contribution in [0.1, 0.15) is 31.4 Å². The molecule has 0 bridgehead atoms. The molecule has 1 saturated heterocycles. The lowest BCUT2D eigenvalue weighted by Crippen LogP contribution is -2.34. The molecule has 0 spiro atoms. The molecular formula is C17H35N9O6. The molecule has 2 unspecified atom stereocenters. The van der Waals surface area contributed by atoms with Crippen molar-refractivity contribution in [2.24, 2.45) is 17.2 Å². The molecule has 3 atom stereocenters. The van der Waals surface area contributed by atoms with Gasteiger partial charge in [-0.05, 0) is 32.2 Å². The number of hydrogen-bond donors (Lipinski definition) is 11. The number of carbonyl (C=O) groups is 3. The van der Waals surface area contributed by atoms with Crippen LogP contribution in [0.4, 0.5) is 0 Å². The Kier molecular flexibility index (Phi) is 16.8. The normalized spacial score (nSPS) is 16.0. The quantitative estimate of drug-likeness (QED) is 0.108. The van der Waals surface area contributed by atoms with E-state index >= 15 is 0 Å². The lowest BCUT2D eigenvalue weighted by molar-refractivity contribution is -0.139. The average molecular weight is 462 g/mol. The van der Waals surface area contributed by atoms with E-state index in [2.05, 4.69) is 20.6 Å². The second kappa shape index (κ2) is 17.4. The van der Waals surface area contributed by atoms with E-state index in [9.17, 15) is 14.4 Å². The standard InChI is InChI=1S/C6H14N4O2.C6H9N3O2.C5H9NO2.H3N/c7-4(5(11)12)2-1-3-10-6(8)9;7-5(6(10)11)1-4-2-8-3-9-4;7-5(8)4-2-1-3-6-4;/h4H,1-3,7H2,(H,11,12)(H4,8,9,10);2-3,5H,1,7H2,(H,8,9)(H,10,11);4,6H,1-3H2,(H,7,8);1H3/t;;4-;/m..0./s1. The van der Waals surface area contributed by atoms with Gasteiger partial charge < -0.3 is 54.3 Å². The predicted octanol–water partition coefficient (Wildman–Crippen LogP) is -1.99. The molecule has 184 valence electrons. The minimum atomic E-state index is -1.01. The van der Waals surface area contributed by atoms with E-state index in [4.69, 9.17) is 37.9 Å². The number of imidazole rings is 1. The molecule has 32 heavy (non-hydrogen) atoms. The predicted molar refractivity (Wildman–Crippen MR) is 116 cm³/mol. The summed E-state index contributed by atoms with van der Waals surface area (Å²) in [4.78, 5) is 37.2. The van der Waals surface area contributed by atoms with Crippen LogP contribution in [0.2, 0.25) is 0 Å². The SMILES string of the molecule is N.N=C(N)NCCCC(N)C(=O)O.NC(Cc1c[nH]cn1)C(=O)O.O=C(O)[C@@H]1CCCN1. The number of H-pyrrole nitrogens is 1. The zero-order valence-corrected chi connectivity index (χ0v) is 17.8. The lowest BCUT2D eigenvalue weighted by Gasteiger charge is -2.06. The molecule has 0 radical (unpaired) electrons. The first-order chi connectivity index (χ1) is 14.5. The van der Waals surface area contributed by atoms with E-state index in [1.54, 1.807) is 6.20 Å². The van der Waals surface area contributed by atoms with Crippen molar-refractivity contribution in [1.82, 2.24) is 26.8 Å². The van der Waals surface area contributed by atoms with Crippen LogP contribution in [0.3, 0.4) is 0 Å². The third-order valence-corrected chi connectivity index (χ3v) is 3.98. The Morgan fingerprint density at radius 2 is 1.84 bits per heavy atom. The first-order valence-corrected chi connectivity index (χ1v) is 9.53. The fourth-order valence-electron chi connectivity index (χ4n) is 2.28. The Bertz CT molecular complexity index is 680. The lowest BCUT2D eigenvalue weighted by atomic mass is 10.2. The molecule has 0 saturated carbocycles. The fourth-order valence-corrected chi connectivity index (χ4v) is 2.28. The average Bonchev–Trinajstić information content (AvgIpc) is 3.39. The highest BCUT2D eigenvalue weighted by Gasteiger charge is 2.20. The van der Waals surface area contributed by atoms with Gasteiger partial charge in [-0.25, -0.2) is 4.98 Å². The third-order valence-electron chi connectivity index (χ3n) is 3.98. The molecule has 0 aliphatic carbocycles. The second-order valence-corrected chi connectivity index (χ2v) is 6.62. The number of hydrogen-bond acceptors (Lipinski definition) is 9. The van der Waals surface area contributed by atoms with Crippen molar-refractivity contribution in [2.45, 2.75) is 50.2 Å². The number of guanidine groups is 1. The summed E-state index contributed by atoms with van der Waals surface area (Å²) in [6.45, 7) is 1.34. The number of nitrogens with two attached hydrogens (primary N) is 3. The van der Waals surface area contributed by atoms with E-state index in [-0.39, 0.29) is 24.6 Å². The van der Waals surface area contributed by atoms with Crippen LogP contribution in [0, 0.1) is 5.41 Å². The van der Waals surface area contributed by atoms with E-state index in [1.807, 2.05) is 0 Å². The summed E-state index contributed by atoms with van der Waals surface area (Å²) >= 11 is 0. The summed E-state index contributed by atoms with van der Waals surface area (Å²) in [6, 6.07) is -1.95. The maximum Gasteiger partial charge on any atom is 0.320 e. The van der Waals surface area contributed by atoms with Crippen LogP contribution in [0.5, 0.6) is 0 Å². The van der Waals surface area contributed by atoms with Crippen LogP contribution in [-0.4, -0.2) is 80.4 Å². The molecule has 1 aromatic rings. The van der Waals surface area contributed by atoms with Crippen molar-refractivity contribution in [2.75, 3.05) is 13.1 Å². The summed E-state index contributed by atoms with van der Waals surface area (Å²) in [5.74, 6) is -2.84. The molecule has 1 aliphatic heterocycles. The summed E-state index contributed by atoms with van der Waals surface area (Å²) in [6.07, 6.45) is 6.14. The molecule has 16 N–H and O–H groups in total. The Balaban J connectivity index is 0. The fraction of sp³-hybridized carbons (Fsp3) is 0.588. The van der Waals surface area contributed by atoms with Gasteiger partial charge in [-0.1, -0.05) is 0 Å². The minimum absolute atomic E-state index is 0. The van der Waals surface area contributed by atoms with Crippen LogP contribution in [0.15, 0.2) is 12.5 Å². The van der Waals surface area contributed by atoms with Crippen molar-refractivity contribution in [1.29, 1.82) is 5.41 Å². The highest BCUT2D eigenvalue weighted by molar-refractivity contribution is 5.74. The van der Waals surface area contributed by atoms with E-state index in [0.29, 0.717) is 25.1 Å². The molecule has 2 rings (SSSR count). The van der Waals surface area contributed by atoms with E-state index in [1.165, 1.54) is 6.33 Å². The largest absolute Gasteiger partial charge is 0.480 e. The number of carboxylic acids is 3. The van der Waals surface area contributed by atoms with Crippen LogP contribution in [-0.2, 0) is 20.8 Å². The number of nitrogens with one attached hydrogen (secondary N) is 4. The molecule has 0 aromatic carbocycles. The number of aromatic amines is 1. The Labute approximate surface area is 185 Å². The number of aliphatic carboxylic acids is 3. The smallest absolute Gasteiger partial charge is 0.320 e. The van der Waals surface area contributed by atoms with Gasteiger partial charge in [0.25, 0.3) is 0 Å². The highest BCUT2D eigenvalue weighted by Crippen LogP contribution is 2.03. The zero-order chi connectivity index (χ0) is 23.8. The molecule has 0 amide bonds. The van der Waals surface area contributed by atoms with Crippen LogP contribution < -0.4 is 34.0 Å². The van der Waals surface area contributed by atoms with Crippen molar-refractivity contribution in [3.8, 4) is 0 Å². The van der Waals surface area contributed by atoms with Gasteiger partial charge in [0, 0.05) is 19.2 Å². The molecule has 15 nitrogen and oxygen atoms in total. The van der Waals surface area contributed by atoms with Gasteiger partial charge in [0.05, 0.1) is 12.0 Å². The van der Waals surface area contributed by atoms with Crippen molar-refractivity contribution in [3.63, 3.8) is 0 Å². The summed E-state index contributed by atoms with van der Waals surface area (Å²) in [7, 11) is 0. The second-order valence-electron chi connectivity index (χ2n) is 6.62. The molecule has 2 heterocycles. The molecule has 1 aromatic heterocycles. The third kappa shape index (κ3) is 15.6. The summed E-state index contributed by atoms with van der Waals surface area (Å²) in [5, 5.41) is 37.3. The van der Waals surface area contributed by atoms with Crippen molar-refractivity contribution in [3.05, 3.63) is 18.2 Å². The van der Waals surface area contributed by atoms with E-state index < -0.39 is 30.0 Å². The van der Waals surface area contributed by atoms with Gasteiger partial charge in [0.2, 0.25) is 0 Å². The first-order valence-electron chi connectivity index (χ1n) is 9.53. The van der Waals surface area contributed by atoms with Crippen molar-refractivity contribution >= 4 is 23.9 Å². The summed E-state index contributed by atoms with van der Waals surface area (Å²) < 4.78 is 0. The van der Waals surface area contributed by atoms with Crippen LogP contribution in [0.25, 0.3) is 0 Å². The Morgan fingerprint density at radius 1 is 1.22 bits per heavy atom. The van der Waals surface area contributed by atoms with Gasteiger partial charge in [-0.2, -0.15) is 0 Å². The Morgan fingerprint density at radius 3 is 2.22 bits per heavy atom. The topological polar surface area (TPSA) is 302 Å². The molecular weight excluding hydrogens is 426 g/mol. The number of rotatable bonds is 9. The number of nitrogens with zero attached hydrogens (tertiary/aromatic N) is 1. The maximum absolute atomic E-state index is 10.3. The zero-order valence-electron chi connectivity index (χ0n) is 17.8. The number of carboxylic acid groups (broad SMARTS) is 3. The maximum atomic E-state index is 10.3. The van der Waals surface area contributed by atoms with Gasteiger partial charge in [0.1, 0.15) is 18.1 Å². The Hall–Kier alpha value is -3.27. The summed E-state index contributed by atoms with van der Waals surface area (Å²) in [5.41, 5.74) is 16.1.